The number of aryl methyl sites for hydroxylation is 1. The van der Waals surface area contributed by atoms with E-state index < -0.39 is 0 Å². The first kappa shape index (κ1) is 13.2. The molecule has 0 aliphatic carbocycles. The Labute approximate surface area is 99.5 Å². The lowest BCUT2D eigenvalue weighted by Gasteiger charge is -2.14. The minimum Gasteiger partial charge on any atom is -0.469 e. The van der Waals surface area contributed by atoms with E-state index in [4.69, 9.17) is 4.52 Å². The maximum Gasteiger partial charge on any atom is 0.306 e. The highest BCUT2D eigenvalue weighted by atomic mass is 16.5. The van der Waals surface area contributed by atoms with Crippen LogP contribution in [-0.2, 0) is 20.9 Å². The van der Waals surface area contributed by atoms with Gasteiger partial charge in [-0.1, -0.05) is 5.16 Å². The number of aromatic nitrogens is 1. The second kappa shape index (κ2) is 6.03. The van der Waals surface area contributed by atoms with Crippen molar-refractivity contribution in [3.8, 4) is 0 Å². The Morgan fingerprint density at radius 3 is 2.71 bits per heavy atom. The van der Waals surface area contributed by atoms with Crippen molar-refractivity contribution >= 4 is 11.9 Å². The largest absolute Gasteiger partial charge is 0.469 e. The van der Waals surface area contributed by atoms with Gasteiger partial charge in [-0.2, -0.15) is 0 Å². The Balaban J connectivity index is 2.39. The third-order valence-electron chi connectivity index (χ3n) is 2.27. The van der Waals surface area contributed by atoms with E-state index in [1.54, 1.807) is 20.0 Å². The van der Waals surface area contributed by atoms with Crippen molar-refractivity contribution < 1.29 is 18.8 Å². The average molecular weight is 240 g/mol. The van der Waals surface area contributed by atoms with Gasteiger partial charge in [-0.25, -0.2) is 0 Å². The summed E-state index contributed by atoms with van der Waals surface area (Å²) in [5.41, 5.74) is 0.691. The van der Waals surface area contributed by atoms with Crippen molar-refractivity contribution in [3.05, 3.63) is 17.5 Å². The monoisotopic (exact) mass is 240 g/mol. The number of hydrogen-bond donors (Lipinski definition) is 0. The number of amides is 1. The van der Waals surface area contributed by atoms with Crippen molar-refractivity contribution in [2.45, 2.75) is 26.3 Å². The second-order valence-corrected chi connectivity index (χ2v) is 3.75. The van der Waals surface area contributed by atoms with Crippen LogP contribution in [0.3, 0.4) is 0 Å². The second-order valence-electron chi connectivity index (χ2n) is 3.75. The topological polar surface area (TPSA) is 72.6 Å². The van der Waals surface area contributed by atoms with Gasteiger partial charge >= 0.3 is 5.97 Å². The Hall–Kier alpha value is -1.85. The van der Waals surface area contributed by atoms with E-state index in [1.165, 1.54) is 12.0 Å². The van der Waals surface area contributed by atoms with E-state index in [0.717, 1.165) is 0 Å². The minimum absolute atomic E-state index is 0.0948. The van der Waals surface area contributed by atoms with Crippen LogP contribution in [0.15, 0.2) is 10.6 Å². The number of carbonyl (C=O) groups is 2. The summed E-state index contributed by atoms with van der Waals surface area (Å²) in [7, 11) is 2.96. The van der Waals surface area contributed by atoms with Crippen LogP contribution in [0.1, 0.15) is 24.3 Å². The highest BCUT2D eigenvalue weighted by molar-refractivity contribution is 5.81. The molecule has 0 unspecified atom stereocenters. The van der Waals surface area contributed by atoms with Gasteiger partial charge in [0.25, 0.3) is 0 Å². The fraction of sp³-hybridized carbons (Fsp3) is 0.545. The lowest BCUT2D eigenvalue weighted by molar-refractivity contribution is -0.143. The molecule has 94 valence electrons. The first-order chi connectivity index (χ1) is 8.02. The van der Waals surface area contributed by atoms with E-state index in [1.807, 2.05) is 0 Å². The molecule has 0 aliphatic heterocycles. The predicted octanol–water partition coefficient (Wildman–Crippen LogP) is 0.895. The lowest BCUT2D eigenvalue weighted by atomic mass is 10.2. The van der Waals surface area contributed by atoms with Crippen LogP contribution in [0.4, 0.5) is 0 Å². The fourth-order valence-electron chi connectivity index (χ4n) is 1.33. The van der Waals surface area contributed by atoms with Crippen molar-refractivity contribution in [2.75, 3.05) is 14.2 Å². The molecular formula is C11H16N2O4. The van der Waals surface area contributed by atoms with E-state index in [9.17, 15) is 9.59 Å². The molecule has 1 amide bonds. The van der Waals surface area contributed by atoms with E-state index >= 15 is 0 Å². The van der Waals surface area contributed by atoms with Crippen molar-refractivity contribution in [3.63, 3.8) is 0 Å². The van der Waals surface area contributed by atoms with Gasteiger partial charge in [-0.05, 0) is 6.92 Å². The van der Waals surface area contributed by atoms with Gasteiger partial charge in [-0.3, -0.25) is 9.59 Å². The summed E-state index contributed by atoms with van der Waals surface area (Å²) in [6, 6.07) is 1.77. The minimum atomic E-state index is -0.385. The third-order valence-corrected chi connectivity index (χ3v) is 2.27. The van der Waals surface area contributed by atoms with Crippen LogP contribution >= 0.6 is 0 Å². The molecule has 0 radical (unpaired) electrons. The van der Waals surface area contributed by atoms with Gasteiger partial charge in [0.15, 0.2) is 0 Å². The molecule has 17 heavy (non-hydrogen) atoms. The van der Waals surface area contributed by atoms with Gasteiger partial charge < -0.3 is 14.2 Å². The zero-order chi connectivity index (χ0) is 12.8. The predicted molar refractivity (Wildman–Crippen MR) is 59.0 cm³/mol. The molecule has 6 nitrogen and oxygen atoms in total. The summed E-state index contributed by atoms with van der Waals surface area (Å²) in [5, 5.41) is 3.79. The average Bonchev–Trinajstić information content (AvgIpc) is 2.70. The zero-order valence-electron chi connectivity index (χ0n) is 10.2. The van der Waals surface area contributed by atoms with Crippen LogP contribution in [0.5, 0.6) is 0 Å². The van der Waals surface area contributed by atoms with Crippen LogP contribution < -0.4 is 0 Å². The van der Waals surface area contributed by atoms with E-state index in [-0.39, 0.29) is 24.7 Å². The van der Waals surface area contributed by atoms with E-state index in [0.29, 0.717) is 18.0 Å². The maximum absolute atomic E-state index is 11.6. The summed E-state index contributed by atoms with van der Waals surface area (Å²) in [6.45, 7) is 2.16. The maximum atomic E-state index is 11.6. The van der Waals surface area contributed by atoms with Crippen molar-refractivity contribution in [2.24, 2.45) is 0 Å². The third kappa shape index (κ3) is 4.26. The number of esters is 1. The van der Waals surface area contributed by atoms with Gasteiger partial charge in [0.2, 0.25) is 5.91 Å². The van der Waals surface area contributed by atoms with Crippen LogP contribution in [0, 0.1) is 6.92 Å². The molecular weight excluding hydrogens is 224 g/mol. The molecule has 0 aliphatic rings. The summed E-state index contributed by atoms with van der Waals surface area (Å²) in [5.74, 6) is 0.190. The molecule has 0 spiro atoms. The molecule has 1 aromatic rings. The molecule has 0 bridgehead atoms. The summed E-state index contributed by atoms with van der Waals surface area (Å²) in [6.07, 6.45) is 0.234. The number of carbonyl (C=O) groups excluding carboxylic acids is 2. The molecule has 0 fully saturated rings. The Kier molecular flexibility index (Phi) is 4.68. The molecule has 0 N–H and O–H groups in total. The Bertz CT molecular complexity index is 400. The summed E-state index contributed by atoms with van der Waals surface area (Å²) in [4.78, 5) is 24.0. The molecule has 1 heterocycles. The molecule has 0 saturated carbocycles. The van der Waals surface area contributed by atoms with E-state index in [2.05, 4.69) is 9.89 Å². The van der Waals surface area contributed by atoms with Crippen LogP contribution in [0.2, 0.25) is 0 Å². The quantitative estimate of drug-likeness (QED) is 0.715. The van der Waals surface area contributed by atoms with Gasteiger partial charge in [0, 0.05) is 19.5 Å². The van der Waals surface area contributed by atoms with Crippen LogP contribution in [0.25, 0.3) is 0 Å². The normalized spacial score (nSPS) is 10.1. The highest BCUT2D eigenvalue weighted by Gasteiger charge is 2.13. The lowest BCUT2D eigenvalue weighted by Crippen LogP contribution is -2.26. The van der Waals surface area contributed by atoms with Gasteiger partial charge in [-0.15, -0.1) is 0 Å². The molecule has 1 aromatic heterocycles. The smallest absolute Gasteiger partial charge is 0.306 e. The van der Waals surface area contributed by atoms with Gasteiger partial charge in [0.1, 0.15) is 11.5 Å². The first-order valence-electron chi connectivity index (χ1n) is 5.26. The Morgan fingerprint density at radius 2 is 2.18 bits per heavy atom. The summed E-state index contributed by atoms with van der Waals surface area (Å²) < 4.78 is 9.36. The number of nitrogens with zero attached hydrogens (tertiary/aromatic N) is 2. The molecule has 0 atom stereocenters. The molecule has 0 aromatic carbocycles. The molecule has 6 heteroatoms. The Morgan fingerprint density at radius 1 is 1.47 bits per heavy atom. The number of rotatable bonds is 5. The van der Waals surface area contributed by atoms with Gasteiger partial charge in [0.05, 0.1) is 20.1 Å². The van der Waals surface area contributed by atoms with Crippen molar-refractivity contribution in [1.82, 2.24) is 10.1 Å². The number of methoxy groups -OCH3 is 1. The molecule has 0 saturated heterocycles. The first-order valence-corrected chi connectivity index (χ1v) is 5.26. The number of ether oxygens (including phenoxy) is 1. The SMILES string of the molecule is COC(=O)CCC(=O)N(C)Cc1cc(C)on1. The highest BCUT2D eigenvalue weighted by Crippen LogP contribution is 2.06. The van der Waals surface area contributed by atoms with Crippen LogP contribution in [-0.4, -0.2) is 36.1 Å². The number of hydrogen-bond acceptors (Lipinski definition) is 5. The molecule has 1 rings (SSSR count). The zero-order valence-corrected chi connectivity index (χ0v) is 10.2. The summed E-state index contributed by atoms with van der Waals surface area (Å²) >= 11 is 0. The standard InChI is InChI=1S/C11H16N2O4/c1-8-6-9(12-17-8)7-13(2)10(14)4-5-11(15)16-3/h6H,4-5,7H2,1-3H3. The van der Waals surface area contributed by atoms with Crippen molar-refractivity contribution in [1.29, 1.82) is 0 Å². The fourth-order valence-corrected chi connectivity index (χ4v) is 1.33.